The van der Waals surface area contributed by atoms with Crippen LogP contribution in [0.2, 0.25) is 0 Å². The van der Waals surface area contributed by atoms with Crippen LogP contribution in [0.4, 0.5) is 0 Å². The summed E-state index contributed by atoms with van der Waals surface area (Å²) in [5, 5.41) is 3.98. The van der Waals surface area contributed by atoms with Crippen LogP contribution in [0.25, 0.3) is 11.4 Å². The summed E-state index contributed by atoms with van der Waals surface area (Å²) in [6, 6.07) is 3.58. The van der Waals surface area contributed by atoms with Crippen molar-refractivity contribution in [1.29, 1.82) is 0 Å². The van der Waals surface area contributed by atoms with Crippen molar-refractivity contribution < 1.29 is 13.7 Å². The molecule has 0 unspecified atom stereocenters. The van der Waals surface area contributed by atoms with E-state index in [1.807, 2.05) is 13.0 Å². The molecule has 0 atom stereocenters. The predicted octanol–water partition coefficient (Wildman–Crippen LogP) is 2.61. The van der Waals surface area contributed by atoms with Crippen LogP contribution in [0, 0.1) is 6.92 Å². The summed E-state index contributed by atoms with van der Waals surface area (Å²) in [5.41, 5.74) is 0.810. The Balaban J connectivity index is 1.61. The predicted molar refractivity (Wildman–Crippen MR) is 77.3 cm³/mol. The lowest BCUT2D eigenvalue weighted by Crippen LogP contribution is -1.91. The smallest absolute Gasteiger partial charge is 0.226 e. The SMILES string of the molecule is COc1cc(-c2noc(CCCc3ncc(C)o3)n2)ccn1. The molecule has 0 aliphatic heterocycles. The van der Waals surface area contributed by atoms with E-state index in [1.54, 1.807) is 25.6 Å². The zero-order valence-corrected chi connectivity index (χ0v) is 12.4. The van der Waals surface area contributed by atoms with Crippen LogP contribution in [0.5, 0.6) is 5.88 Å². The minimum absolute atomic E-state index is 0.517. The molecule has 0 aliphatic rings. The number of rotatable bonds is 6. The number of pyridine rings is 1. The number of oxazole rings is 1. The molecule has 0 bridgehead atoms. The maximum atomic E-state index is 5.42. The van der Waals surface area contributed by atoms with Crippen molar-refractivity contribution in [3.05, 3.63) is 42.1 Å². The first-order valence-corrected chi connectivity index (χ1v) is 6.99. The van der Waals surface area contributed by atoms with E-state index in [2.05, 4.69) is 20.1 Å². The fraction of sp³-hybridized carbons (Fsp3) is 0.333. The summed E-state index contributed by atoms with van der Waals surface area (Å²) in [7, 11) is 1.57. The molecule has 0 saturated heterocycles. The standard InChI is InChI=1S/C15H16N4O3/c1-10-9-17-12(21-10)4-3-5-13-18-15(19-22-13)11-6-7-16-14(8-11)20-2/h6-9H,3-5H2,1-2H3. The van der Waals surface area contributed by atoms with Crippen molar-refractivity contribution in [1.82, 2.24) is 20.1 Å². The van der Waals surface area contributed by atoms with Crippen molar-refractivity contribution in [2.75, 3.05) is 7.11 Å². The second-order valence-corrected chi connectivity index (χ2v) is 4.82. The molecule has 0 saturated carbocycles. The van der Waals surface area contributed by atoms with Crippen molar-refractivity contribution in [3.63, 3.8) is 0 Å². The van der Waals surface area contributed by atoms with Gasteiger partial charge in [0.2, 0.25) is 17.6 Å². The summed E-state index contributed by atoms with van der Waals surface area (Å²) < 4.78 is 15.8. The fourth-order valence-corrected chi connectivity index (χ4v) is 2.04. The lowest BCUT2D eigenvalue weighted by molar-refractivity contribution is 0.372. The molecule has 0 radical (unpaired) electrons. The Morgan fingerprint density at radius 3 is 2.82 bits per heavy atom. The van der Waals surface area contributed by atoms with Gasteiger partial charge in [-0.15, -0.1) is 0 Å². The normalized spacial score (nSPS) is 10.8. The van der Waals surface area contributed by atoms with Crippen LogP contribution in [0.1, 0.15) is 24.0 Å². The first-order chi connectivity index (χ1) is 10.7. The quantitative estimate of drug-likeness (QED) is 0.691. The number of aryl methyl sites for hydroxylation is 3. The van der Waals surface area contributed by atoms with E-state index in [0.717, 1.165) is 30.1 Å². The molecule has 22 heavy (non-hydrogen) atoms. The molecular formula is C15H16N4O3. The first kappa shape index (κ1) is 14.2. The van der Waals surface area contributed by atoms with Crippen LogP contribution in [0.15, 0.2) is 33.5 Å². The van der Waals surface area contributed by atoms with Gasteiger partial charge in [-0.2, -0.15) is 4.98 Å². The molecular weight excluding hydrogens is 284 g/mol. The van der Waals surface area contributed by atoms with Crippen LogP contribution >= 0.6 is 0 Å². The van der Waals surface area contributed by atoms with E-state index in [1.165, 1.54) is 0 Å². The average Bonchev–Trinajstić information content (AvgIpc) is 3.17. The zero-order valence-electron chi connectivity index (χ0n) is 12.4. The molecule has 0 N–H and O–H groups in total. The third-order valence-corrected chi connectivity index (χ3v) is 3.12. The summed E-state index contributed by atoms with van der Waals surface area (Å²) in [6.07, 6.45) is 5.62. The Labute approximate surface area is 127 Å². The first-order valence-electron chi connectivity index (χ1n) is 6.99. The Morgan fingerprint density at radius 1 is 1.18 bits per heavy atom. The highest BCUT2D eigenvalue weighted by atomic mass is 16.5. The van der Waals surface area contributed by atoms with Crippen molar-refractivity contribution in [2.24, 2.45) is 0 Å². The van der Waals surface area contributed by atoms with E-state index in [4.69, 9.17) is 13.7 Å². The van der Waals surface area contributed by atoms with Crippen molar-refractivity contribution in [3.8, 4) is 17.3 Å². The molecule has 3 rings (SSSR count). The fourth-order valence-electron chi connectivity index (χ4n) is 2.04. The molecule has 114 valence electrons. The monoisotopic (exact) mass is 300 g/mol. The van der Waals surface area contributed by atoms with Crippen molar-refractivity contribution >= 4 is 0 Å². The molecule has 0 aliphatic carbocycles. The molecule has 7 heteroatoms. The Bertz CT molecular complexity index is 751. The lowest BCUT2D eigenvalue weighted by Gasteiger charge is -1.98. The van der Waals surface area contributed by atoms with Gasteiger partial charge in [0, 0.05) is 30.7 Å². The summed E-state index contributed by atoms with van der Waals surface area (Å²) in [5.74, 6) is 3.19. The van der Waals surface area contributed by atoms with E-state index < -0.39 is 0 Å². The second kappa shape index (κ2) is 6.38. The summed E-state index contributed by atoms with van der Waals surface area (Å²) >= 11 is 0. The number of aromatic nitrogens is 4. The number of hydrogen-bond acceptors (Lipinski definition) is 7. The van der Waals surface area contributed by atoms with Gasteiger partial charge in [0.05, 0.1) is 13.3 Å². The number of hydrogen-bond donors (Lipinski definition) is 0. The molecule has 0 aromatic carbocycles. The highest BCUT2D eigenvalue weighted by Gasteiger charge is 2.10. The number of ether oxygens (including phenoxy) is 1. The van der Waals surface area contributed by atoms with Gasteiger partial charge in [-0.25, -0.2) is 9.97 Å². The van der Waals surface area contributed by atoms with Gasteiger partial charge in [0.1, 0.15) is 5.76 Å². The third-order valence-electron chi connectivity index (χ3n) is 3.12. The summed E-state index contributed by atoms with van der Waals surface area (Å²) in [4.78, 5) is 12.6. The van der Waals surface area contributed by atoms with E-state index in [0.29, 0.717) is 24.0 Å². The van der Waals surface area contributed by atoms with Gasteiger partial charge in [-0.05, 0) is 19.4 Å². The van der Waals surface area contributed by atoms with Gasteiger partial charge < -0.3 is 13.7 Å². The van der Waals surface area contributed by atoms with Gasteiger partial charge in [-0.1, -0.05) is 5.16 Å². The maximum Gasteiger partial charge on any atom is 0.226 e. The highest BCUT2D eigenvalue weighted by molar-refractivity contribution is 5.54. The minimum Gasteiger partial charge on any atom is -0.481 e. The molecule has 0 fully saturated rings. The van der Waals surface area contributed by atoms with Gasteiger partial charge in [-0.3, -0.25) is 0 Å². The Kier molecular flexibility index (Phi) is 4.13. The van der Waals surface area contributed by atoms with Crippen LogP contribution < -0.4 is 4.74 Å². The molecule has 3 aromatic rings. The molecule has 0 amide bonds. The maximum absolute atomic E-state index is 5.42. The largest absolute Gasteiger partial charge is 0.481 e. The van der Waals surface area contributed by atoms with Crippen LogP contribution in [-0.2, 0) is 12.8 Å². The van der Waals surface area contributed by atoms with E-state index in [9.17, 15) is 0 Å². The number of methoxy groups -OCH3 is 1. The third kappa shape index (κ3) is 3.30. The van der Waals surface area contributed by atoms with E-state index >= 15 is 0 Å². The molecule has 3 aromatic heterocycles. The Hall–Kier alpha value is -2.70. The van der Waals surface area contributed by atoms with Gasteiger partial charge in [0.15, 0.2) is 5.89 Å². The highest BCUT2D eigenvalue weighted by Crippen LogP contribution is 2.19. The Morgan fingerprint density at radius 2 is 2.05 bits per heavy atom. The summed E-state index contributed by atoms with van der Waals surface area (Å²) in [6.45, 7) is 1.88. The molecule has 7 nitrogen and oxygen atoms in total. The van der Waals surface area contributed by atoms with Crippen LogP contribution in [0.3, 0.4) is 0 Å². The number of nitrogens with zero attached hydrogens (tertiary/aromatic N) is 4. The zero-order chi connectivity index (χ0) is 15.4. The van der Waals surface area contributed by atoms with Gasteiger partial charge in [0.25, 0.3) is 0 Å². The lowest BCUT2D eigenvalue weighted by atomic mass is 10.2. The van der Waals surface area contributed by atoms with Gasteiger partial charge >= 0.3 is 0 Å². The molecule has 3 heterocycles. The second-order valence-electron chi connectivity index (χ2n) is 4.82. The van der Waals surface area contributed by atoms with Crippen LogP contribution in [-0.4, -0.2) is 27.2 Å². The molecule has 0 spiro atoms. The topological polar surface area (TPSA) is 87.1 Å². The average molecular weight is 300 g/mol. The van der Waals surface area contributed by atoms with Crippen molar-refractivity contribution in [2.45, 2.75) is 26.2 Å². The van der Waals surface area contributed by atoms with E-state index in [-0.39, 0.29) is 0 Å². The minimum atomic E-state index is 0.517.